The molecule has 0 spiro atoms. The highest BCUT2D eigenvalue weighted by molar-refractivity contribution is 5.92. The van der Waals surface area contributed by atoms with Crippen LogP contribution in [0.25, 0.3) is 0 Å². The van der Waals surface area contributed by atoms with E-state index in [0.29, 0.717) is 42.3 Å². The number of aromatic nitrogens is 2. The van der Waals surface area contributed by atoms with E-state index in [9.17, 15) is 13.6 Å². The van der Waals surface area contributed by atoms with Crippen molar-refractivity contribution < 1.29 is 13.6 Å². The largest absolute Gasteiger partial charge is 0.366 e. The van der Waals surface area contributed by atoms with E-state index in [1.807, 2.05) is 18.5 Å². The summed E-state index contributed by atoms with van der Waals surface area (Å²) in [6.07, 6.45) is 9.78. The minimum atomic E-state index is -2.47. The molecule has 1 saturated carbocycles. The standard InChI is InChI=1S/C25H32F2N4O/c26-25(27)8-6-17(7-9-25)13-30-14-21(29-16-30)15-31-22-4-5-23(31)12-20(11-22)18-2-1-3-19(10-18)24(28)32/h1-3,10,14,16-17,20,22-23H,4-9,11-13,15H2,(H2,28,32)/t20?,22-,23+. The van der Waals surface area contributed by atoms with Crippen LogP contribution >= 0.6 is 0 Å². The van der Waals surface area contributed by atoms with Crippen LogP contribution < -0.4 is 5.73 Å². The first-order chi connectivity index (χ1) is 15.4. The van der Waals surface area contributed by atoms with Gasteiger partial charge in [0.2, 0.25) is 11.8 Å². The second-order valence-electron chi connectivity index (χ2n) is 10.1. The number of amides is 1. The molecule has 1 aliphatic carbocycles. The zero-order chi connectivity index (χ0) is 22.3. The lowest BCUT2D eigenvalue weighted by molar-refractivity contribution is -0.0473. The molecule has 7 heteroatoms. The molecule has 1 amide bonds. The Bertz CT molecular complexity index is 950. The Morgan fingerprint density at radius 1 is 1.12 bits per heavy atom. The fourth-order valence-corrected chi connectivity index (χ4v) is 6.11. The van der Waals surface area contributed by atoms with Crippen LogP contribution in [0.15, 0.2) is 36.8 Å². The molecule has 3 heterocycles. The normalized spacial score (nSPS) is 28.1. The Balaban J connectivity index is 1.19. The van der Waals surface area contributed by atoms with Gasteiger partial charge in [-0.1, -0.05) is 12.1 Å². The molecule has 1 aromatic carbocycles. The number of imidazole rings is 1. The number of benzene rings is 1. The first-order valence-corrected chi connectivity index (χ1v) is 11.9. The van der Waals surface area contributed by atoms with E-state index in [1.165, 1.54) is 18.4 Å². The van der Waals surface area contributed by atoms with Gasteiger partial charge >= 0.3 is 0 Å². The molecule has 32 heavy (non-hydrogen) atoms. The van der Waals surface area contributed by atoms with Gasteiger partial charge in [0.05, 0.1) is 12.0 Å². The molecule has 172 valence electrons. The van der Waals surface area contributed by atoms with Gasteiger partial charge in [-0.05, 0) is 68.1 Å². The summed E-state index contributed by atoms with van der Waals surface area (Å²) in [6.45, 7) is 1.63. The van der Waals surface area contributed by atoms with Crippen molar-refractivity contribution in [1.82, 2.24) is 14.5 Å². The van der Waals surface area contributed by atoms with E-state index in [1.54, 1.807) is 6.07 Å². The van der Waals surface area contributed by atoms with Gasteiger partial charge in [-0.15, -0.1) is 0 Å². The summed E-state index contributed by atoms with van der Waals surface area (Å²) in [5.41, 5.74) is 8.35. The molecule has 0 radical (unpaired) electrons. The van der Waals surface area contributed by atoms with Gasteiger partial charge < -0.3 is 10.3 Å². The van der Waals surface area contributed by atoms with Gasteiger partial charge in [-0.3, -0.25) is 9.69 Å². The topological polar surface area (TPSA) is 64.2 Å². The van der Waals surface area contributed by atoms with Gasteiger partial charge in [0.15, 0.2) is 0 Å². The van der Waals surface area contributed by atoms with Crippen LogP contribution in [0, 0.1) is 5.92 Å². The van der Waals surface area contributed by atoms with E-state index in [4.69, 9.17) is 5.73 Å². The van der Waals surface area contributed by atoms with E-state index < -0.39 is 5.92 Å². The molecule has 5 rings (SSSR count). The second-order valence-corrected chi connectivity index (χ2v) is 10.1. The van der Waals surface area contributed by atoms with E-state index in [2.05, 4.69) is 26.7 Å². The molecule has 2 bridgehead atoms. The summed E-state index contributed by atoms with van der Waals surface area (Å²) in [4.78, 5) is 18.8. The predicted octanol–water partition coefficient (Wildman–Crippen LogP) is 4.72. The smallest absolute Gasteiger partial charge is 0.248 e. The number of alkyl halides is 2. The van der Waals surface area contributed by atoms with Gasteiger partial charge in [-0.25, -0.2) is 13.8 Å². The van der Waals surface area contributed by atoms with Crippen molar-refractivity contribution in [3.05, 3.63) is 53.6 Å². The van der Waals surface area contributed by atoms with E-state index >= 15 is 0 Å². The van der Waals surface area contributed by atoms with Crippen LogP contribution in [0.5, 0.6) is 0 Å². The zero-order valence-corrected chi connectivity index (χ0v) is 18.4. The Kier molecular flexibility index (Phi) is 5.78. The van der Waals surface area contributed by atoms with Crippen molar-refractivity contribution >= 4 is 5.91 Å². The number of carbonyl (C=O) groups excluding carboxylic acids is 1. The maximum Gasteiger partial charge on any atom is 0.248 e. The number of primary amides is 1. The highest BCUT2D eigenvalue weighted by Gasteiger charge is 2.41. The molecule has 2 N–H and O–H groups in total. The molecular weight excluding hydrogens is 410 g/mol. The molecule has 3 fully saturated rings. The number of nitrogens with two attached hydrogens (primary N) is 1. The Hall–Kier alpha value is -2.28. The molecule has 1 unspecified atom stereocenters. The monoisotopic (exact) mass is 442 g/mol. The summed E-state index contributed by atoms with van der Waals surface area (Å²) in [5.74, 6) is -2.06. The van der Waals surface area contributed by atoms with Crippen molar-refractivity contribution in [1.29, 1.82) is 0 Å². The third kappa shape index (κ3) is 4.58. The van der Waals surface area contributed by atoms with Crippen LogP contribution in [-0.4, -0.2) is 38.4 Å². The number of hydrogen-bond donors (Lipinski definition) is 1. The lowest BCUT2D eigenvalue weighted by atomic mass is 9.84. The first-order valence-electron chi connectivity index (χ1n) is 11.9. The minimum absolute atomic E-state index is 0.0138. The third-order valence-corrected chi connectivity index (χ3v) is 7.86. The maximum atomic E-state index is 13.4. The molecule has 1 aromatic heterocycles. The Morgan fingerprint density at radius 3 is 2.53 bits per heavy atom. The van der Waals surface area contributed by atoms with Crippen molar-refractivity contribution in [2.75, 3.05) is 0 Å². The number of piperidine rings is 1. The second kappa shape index (κ2) is 8.58. The quantitative estimate of drug-likeness (QED) is 0.704. The summed E-state index contributed by atoms with van der Waals surface area (Å²) in [6, 6.07) is 8.86. The minimum Gasteiger partial charge on any atom is -0.366 e. The number of rotatable bonds is 6. The molecule has 3 atom stereocenters. The number of carbonyl (C=O) groups is 1. The van der Waals surface area contributed by atoms with Crippen LogP contribution in [0.1, 0.15) is 78.9 Å². The SMILES string of the molecule is NC(=O)c1cccc(C2C[C@H]3CC[C@@H](C2)N3Cc2cn(CC3CCC(F)(F)CC3)cn2)c1. The van der Waals surface area contributed by atoms with Gasteiger partial charge in [-0.2, -0.15) is 0 Å². The molecule has 2 aliphatic heterocycles. The Labute approximate surface area is 188 Å². The maximum absolute atomic E-state index is 13.4. The fourth-order valence-electron chi connectivity index (χ4n) is 6.11. The molecule has 5 nitrogen and oxygen atoms in total. The summed E-state index contributed by atoms with van der Waals surface area (Å²) >= 11 is 0. The number of fused-ring (bicyclic) bond motifs is 2. The molecular formula is C25H32F2N4O. The van der Waals surface area contributed by atoms with Gasteiger partial charge in [0, 0.05) is 49.8 Å². The van der Waals surface area contributed by atoms with Crippen LogP contribution in [-0.2, 0) is 13.1 Å². The summed E-state index contributed by atoms with van der Waals surface area (Å²) < 4.78 is 28.9. The number of hydrogen-bond acceptors (Lipinski definition) is 3. The lowest BCUT2D eigenvalue weighted by Gasteiger charge is -2.39. The fraction of sp³-hybridized carbons (Fsp3) is 0.600. The van der Waals surface area contributed by atoms with Crippen LogP contribution in [0.4, 0.5) is 8.78 Å². The van der Waals surface area contributed by atoms with Crippen molar-refractivity contribution in [2.45, 2.75) is 88.4 Å². The average Bonchev–Trinajstić information content (AvgIpc) is 3.29. The van der Waals surface area contributed by atoms with Crippen molar-refractivity contribution in [2.24, 2.45) is 11.7 Å². The third-order valence-electron chi connectivity index (χ3n) is 7.86. The molecule has 3 aliphatic rings. The predicted molar refractivity (Wildman–Crippen MR) is 118 cm³/mol. The highest BCUT2D eigenvalue weighted by Crippen LogP contribution is 2.44. The Morgan fingerprint density at radius 2 is 1.84 bits per heavy atom. The zero-order valence-electron chi connectivity index (χ0n) is 18.4. The number of nitrogens with zero attached hydrogens (tertiary/aromatic N) is 3. The first kappa shape index (κ1) is 21.6. The van der Waals surface area contributed by atoms with E-state index in [-0.39, 0.29) is 18.7 Å². The van der Waals surface area contributed by atoms with Crippen LogP contribution in [0.2, 0.25) is 0 Å². The highest BCUT2D eigenvalue weighted by atomic mass is 19.3. The van der Waals surface area contributed by atoms with Crippen molar-refractivity contribution in [3.8, 4) is 0 Å². The van der Waals surface area contributed by atoms with Gasteiger partial charge in [0.1, 0.15) is 0 Å². The van der Waals surface area contributed by atoms with Crippen molar-refractivity contribution in [3.63, 3.8) is 0 Å². The summed E-state index contributed by atoms with van der Waals surface area (Å²) in [5, 5.41) is 0. The molecule has 2 saturated heterocycles. The summed E-state index contributed by atoms with van der Waals surface area (Å²) in [7, 11) is 0. The molecule has 2 aromatic rings. The van der Waals surface area contributed by atoms with Crippen LogP contribution in [0.3, 0.4) is 0 Å². The lowest BCUT2D eigenvalue weighted by Crippen LogP contribution is -2.41. The van der Waals surface area contributed by atoms with E-state index in [0.717, 1.165) is 31.6 Å². The average molecular weight is 443 g/mol. The van der Waals surface area contributed by atoms with Gasteiger partial charge in [0.25, 0.3) is 0 Å². The number of halogens is 2.